The van der Waals surface area contributed by atoms with Crippen molar-refractivity contribution in [3.8, 4) is 0 Å². The van der Waals surface area contributed by atoms with Crippen molar-refractivity contribution in [2.24, 2.45) is 5.73 Å². The van der Waals surface area contributed by atoms with Crippen LogP contribution in [0.1, 0.15) is 42.1 Å². The normalized spacial score (nSPS) is 13.6. The average molecular weight is 314 g/mol. The van der Waals surface area contributed by atoms with Crippen molar-refractivity contribution in [2.45, 2.75) is 32.2 Å². The molecule has 1 nitrogen and oxygen atoms in total. The third-order valence-electron chi connectivity index (χ3n) is 2.97. The number of benzene rings is 1. The fourth-order valence-electron chi connectivity index (χ4n) is 1.83. The third kappa shape index (κ3) is 3.32. The van der Waals surface area contributed by atoms with Gasteiger partial charge in [0.15, 0.2) is 0 Å². The molecule has 0 aliphatic carbocycles. The number of thiophene rings is 1. The topological polar surface area (TPSA) is 26.0 Å². The standard InChI is InChI=1S/C15H17Cl2NS/c1-15(2,3)13-7-6-12(19-13)14(18)10-8-9(16)4-5-11(10)17/h4-8,14H,18H2,1-3H3. The van der Waals surface area contributed by atoms with Crippen molar-refractivity contribution in [1.29, 1.82) is 0 Å². The second-order valence-electron chi connectivity index (χ2n) is 5.60. The van der Waals surface area contributed by atoms with E-state index in [1.54, 1.807) is 23.5 Å². The van der Waals surface area contributed by atoms with Crippen LogP contribution in [0, 0.1) is 0 Å². The lowest BCUT2D eigenvalue weighted by atomic mass is 9.95. The Bertz CT molecular complexity index is 584. The van der Waals surface area contributed by atoms with Crippen LogP contribution >= 0.6 is 34.5 Å². The lowest BCUT2D eigenvalue weighted by Gasteiger charge is -2.16. The summed E-state index contributed by atoms with van der Waals surface area (Å²) in [5, 5.41) is 1.31. The first kappa shape index (κ1) is 14.9. The van der Waals surface area contributed by atoms with Gasteiger partial charge in [0.1, 0.15) is 0 Å². The summed E-state index contributed by atoms with van der Waals surface area (Å²) in [7, 11) is 0. The fraction of sp³-hybridized carbons (Fsp3) is 0.333. The van der Waals surface area contributed by atoms with Gasteiger partial charge in [-0.15, -0.1) is 11.3 Å². The molecule has 4 heteroatoms. The highest BCUT2D eigenvalue weighted by molar-refractivity contribution is 7.12. The van der Waals surface area contributed by atoms with E-state index < -0.39 is 0 Å². The lowest BCUT2D eigenvalue weighted by molar-refractivity contribution is 0.604. The summed E-state index contributed by atoms with van der Waals surface area (Å²) in [6, 6.07) is 9.38. The molecular formula is C15H17Cl2NS. The summed E-state index contributed by atoms with van der Waals surface area (Å²) < 4.78 is 0. The molecule has 102 valence electrons. The van der Waals surface area contributed by atoms with Gasteiger partial charge in [-0.05, 0) is 41.3 Å². The second kappa shape index (κ2) is 5.45. The summed E-state index contributed by atoms with van der Waals surface area (Å²) in [4.78, 5) is 2.42. The molecule has 2 rings (SSSR count). The first-order chi connectivity index (χ1) is 8.79. The fourth-order valence-corrected chi connectivity index (χ4v) is 3.33. The van der Waals surface area contributed by atoms with Gasteiger partial charge in [-0.25, -0.2) is 0 Å². The predicted molar refractivity (Wildman–Crippen MR) is 85.5 cm³/mol. The highest BCUT2D eigenvalue weighted by Gasteiger charge is 2.20. The minimum absolute atomic E-state index is 0.140. The summed E-state index contributed by atoms with van der Waals surface area (Å²) in [5.74, 6) is 0. The van der Waals surface area contributed by atoms with Crippen LogP contribution in [0.4, 0.5) is 0 Å². The molecule has 1 unspecified atom stereocenters. The van der Waals surface area contributed by atoms with Gasteiger partial charge in [0.25, 0.3) is 0 Å². The molecular weight excluding hydrogens is 297 g/mol. The van der Waals surface area contributed by atoms with Gasteiger partial charge in [-0.3, -0.25) is 0 Å². The summed E-state index contributed by atoms with van der Waals surface area (Å²) >= 11 is 13.9. The third-order valence-corrected chi connectivity index (χ3v) is 5.14. The van der Waals surface area contributed by atoms with E-state index >= 15 is 0 Å². The quantitative estimate of drug-likeness (QED) is 0.789. The summed E-state index contributed by atoms with van der Waals surface area (Å²) in [6.45, 7) is 6.58. The zero-order chi connectivity index (χ0) is 14.2. The highest BCUT2D eigenvalue weighted by atomic mass is 35.5. The molecule has 0 amide bonds. The molecule has 2 aromatic rings. The van der Waals surface area contributed by atoms with Crippen LogP contribution in [0.15, 0.2) is 30.3 Å². The van der Waals surface area contributed by atoms with Gasteiger partial charge >= 0.3 is 0 Å². The zero-order valence-electron chi connectivity index (χ0n) is 11.2. The Hall–Kier alpha value is -0.540. The van der Waals surface area contributed by atoms with E-state index in [1.807, 2.05) is 6.07 Å². The maximum absolute atomic E-state index is 6.31. The van der Waals surface area contributed by atoms with E-state index in [0.29, 0.717) is 10.0 Å². The van der Waals surface area contributed by atoms with E-state index in [9.17, 15) is 0 Å². The highest BCUT2D eigenvalue weighted by Crippen LogP contribution is 2.36. The number of rotatable bonds is 2. The smallest absolute Gasteiger partial charge is 0.0661 e. The van der Waals surface area contributed by atoms with Crippen LogP contribution in [0.3, 0.4) is 0 Å². The Labute approximate surface area is 128 Å². The van der Waals surface area contributed by atoms with Crippen LogP contribution < -0.4 is 5.73 Å². The van der Waals surface area contributed by atoms with Crippen molar-refractivity contribution >= 4 is 34.5 Å². The van der Waals surface area contributed by atoms with E-state index in [-0.39, 0.29) is 11.5 Å². The average Bonchev–Trinajstić information content (AvgIpc) is 2.80. The maximum atomic E-state index is 6.31. The van der Waals surface area contributed by atoms with E-state index in [4.69, 9.17) is 28.9 Å². The number of halogens is 2. The first-order valence-electron chi connectivity index (χ1n) is 6.10. The Balaban J connectivity index is 2.36. The predicted octanol–water partition coefficient (Wildman–Crippen LogP) is 5.40. The van der Waals surface area contributed by atoms with E-state index in [0.717, 1.165) is 10.4 Å². The zero-order valence-corrected chi connectivity index (χ0v) is 13.5. The number of hydrogen-bond donors (Lipinski definition) is 1. The Morgan fingerprint density at radius 1 is 1.11 bits per heavy atom. The van der Waals surface area contributed by atoms with Crippen molar-refractivity contribution in [3.05, 3.63) is 55.7 Å². The van der Waals surface area contributed by atoms with Crippen LogP contribution in [0.2, 0.25) is 10.0 Å². The first-order valence-corrected chi connectivity index (χ1v) is 7.67. The number of nitrogens with two attached hydrogens (primary N) is 1. The molecule has 1 atom stereocenters. The molecule has 1 aromatic carbocycles. The van der Waals surface area contributed by atoms with E-state index in [2.05, 4.69) is 32.9 Å². The minimum atomic E-state index is -0.229. The molecule has 0 saturated heterocycles. The maximum Gasteiger partial charge on any atom is 0.0661 e. The molecule has 1 aromatic heterocycles. The Morgan fingerprint density at radius 3 is 2.37 bits per heavy atom. The number of hydrogen-bond acceptors (Lipinski definition) is 2. The molecule has 19 heavy (non-hydrogen) atoms. The van der Waals surface area contributed by atoms with Gasteiger partial charge in [0.2, 0.25) is 0 Å². The van der Waals surface area contributed by atoms with Crippen molar-refractivity contribution in [3.63, 3.8) is 0 Å². The summed E-state index contributed by atoms with van der Waals surface area (Å²) in [5.41, 5.74) is 7.32. The molecule has 0 aliphatic rings. The molecule has 0 aliphatic heterocycles. The molecule has 0 radical (unpaired) electrons. The second-order valence-corrected chi connectivity index (χ2v) is 7.55. The van der Waals surface area contributed by atoms with Crippen LogP contribution in [-0.4, -0.2) is 0 Å². The SMILES string of the molecule is CC(C)(C)c1ccc(C(N)c2cc(Cl)ccc2Cl)s1. The van der Waals surface area contributed by atoms with Gasteiger partial charge in [0.05, 0.1) is 6.04 Å². The molecule has 0 fully saturated rings. The van der Waals surface area contributed by atoms with Gasteiger partial charge in [0, 0.05) is 19.8 Å². The molecule has 1 heterocycles. The largest absolute Gasteiger partial charge is 0.320 e. The van der Waals surface area contributed by atoms with Crippen LogP contribution in [0.25, 0.3) is 0 Å². The molecule has 2 N–H and O–H groups in total. The van der Waals surface area contributed by atoms with E-state index in [1.165, 1.54) is 4.88 Å². The lowest BCUT2D eigenvalue weighted by Crippen LogP contribution is -2.11. The van der Waals surface area contributed by atoms with Gasteiger partial charge in [-0.1, -0.05) is 44.0 Å². The monoisotopic (exact) mass is 313 g/mol. The van der Waals surface area contributed by atoms with Crippen LogP contribution in [-0.2, 0) is 5.41 Å². The van der Waals surface area contributed by atoms with Crippen molar-refractivity contribution in [2.75, 3.05) is 0 Å². The Morgan fingerprint density at radius 2 is 1.79 bits per heavy atom. The molecule has 0 bridgehead atoms. The minimum Gasteiger partial charge on any atom is -0.320 e. The van der Waals surface area contributed by atoms with Crippen molar-refractivity contribution < 1.29 is 0 Å². The summed E-state index contributed by atoms with van der Waals surface area (Å²) in [6.07, 6.45) is 0. The Kier molecular flexibility index (Phi) is 4.26. The van der Waals surface area contributed by atoms with Crippen LogP contribution in [0.5, 0.6) is 0 Å². The van der Waals surface area contributed by atoms with Gasteiger partial charge in [-0.2, -0.15) is 0 Å². The molecule has 0 saturated carbocycles. The molecule has 0 spiro atoms. The van der Waals surface area contributed by atoms with Crippen molar-refractivity contribution in [1.82, 2.24) is 0 Å². The van der Waals surface area contributed by atoms with Gasteiger partial charge < -0.3 is 5.73 Å².